The summed E-state index contributed by atoms with van der Waals surface area (Å²) in [4.78, 5) is 4.54. The van der Waals surface area contributed by atoms with Gasteiger partial charge in [-0.1, -0.05) is 18.2 Å². The van der Waals surface area contributed by atoms with Crippen LogP contribution in [0.4, 0.5) is 5.69 Å². The van der Waals surface area contributed by atoms with Gasteiger partial charge in [0.1, 0.15) is 0 Å². The van der Waals surface area contributed by atoms with Gasteiger partial charge in [-0.15, -0.1) is 0 Å². The zero-order valence-electron chi connectivity index (χ0n) is 10.8. The van der Waals surface area contributed by atoms with Gasteiger partial charge >= 0.3 is 0 Å². The first-order valence-corrected chi connectivity index (χ1v) is 7.10. The second-order valence-corrected chi connectivity index (χ2v) is 5.08. The van der Waals surface area contributed by atoms with Crippen LogP contribution in [0.3, 0.4) is 0 Å². The Bertz CT molecular complexity index is 508. The van der Waals surface area contributed by atoms with Crippen LogP contribution in [0.25, 0.3) is 0 Å². The summed E-state index contributed by atoms with van der Waals surface area (Å²) < 4.78 is 0. The highest BCUT2D eigenvalue weighted by molar-refractivity contribution is 7.07. The van der Waals surface area contributed by atoms with Crippen LogP contribution in [0.15, 0.2) is 52.2 Å². The lowest BCUT2D eigenvalue weighted by molar-refractivity contribution is 0.734. The average Bonchev–Trinajstić information content (AvgIpc) is 2.92. The number of para-hydroxylation sites is 1. The minimum atomic E-state index is 0.164. The summed E-state index contributed by atoms with van der Waals surface area (Å²) in [6.45, 7) is 2.07. The maximum atomic E-state index is 5.50. The summed E-state index contributed by atoms with van der Waals surface area (Å²) in [6, 6.07) is 12.1. The number of hydrogen-bond donors (Lipinski definition) is 3. The molecule has 4 nitrogen and oxygen atoms in total. The Hall–Kier alpha value is -1.85. The normalized spacial score (nSPS) is 13.1. The topological polar surface area (TPSA) is 62.4 Å². The molecule has 0 bridgehead atoms. The van der Waals surface area contributed by atoms with E-state index < -0.39 is 0 Å². The zero-order valence-corrected chi connectivity index (χ0v) is 11.7. The molecule has 0 amide bonds. The van der Waals surface area contributed by atoms with Crippen molar-refractivity contribution < 1.29 is 0 Å². The largest absolute Gasteiger partial charge is 0.325 e. The SMILES string of the molecule is CC(Cc1ccsc1)N=C(NN)Nc1ccccc1. The van der Waals surface area contributed by atoms with Crippen molar-refractivity contribution in [3.8, 4) is 0 Å². The van der Waals surface area contributed by atoms with Gasteiger partial charge in [0.05, 0.1) is 6.04 Å². The van der Waals surface area contributed by atoms with E-state index in [1.54, 1.807) is 11.3 Å². The van der Waals surface area contributed by atoms with E-state index in [2.05, 4.69) is 39.5 Å². The number of aliphatic imine (C=N–C) groups is 1. The fourth-order valence-corrected chi connectivity index (χ4v) is 2.46. The van der Waals surface area contributed by atoms with E-state index in [-0.39, 0.29) is 6.04 Å². The number of anilines is 1. The number of guanidine groups is 1. The molecule has 100 valence electrons. The van der Waals surface area contributed by atoms with Gasteiger partial charge in [0, 0.05) is 5.69 Å². The van der Waals surface area contributed by atoms with Gasteiger partial charge in [-0.05, 0) is 47.9 Å². The van der Waals surface area contributed by atoms with Gasteiger partial charge in [0.15, 0.2) is 0 Å². The third-order valence-corrected chi connectivity index (χ3v) is 3.37. The van der Waals surface area contributed by atoms with Crippen molar-refractivity contribution in [2.45, 2.75) is 19.4 Å². The molecular weight excluding hydrogens is 256 g/mol. The lowest BCUT2D eigenvalue weighted by Gasteiger charge is -2.12. The van der Waals surface area contributed by atoms with E-state index in [1.807, 2.05) is 30.3 Å². The molecule has 0 fully saturated rings. The van der Waals surface area contributed by atoms with Gasteiger partial charge in [0.25, 0.3) is 0 Å². The maximum absolute atomic E-state index is 5.50. The second kappa shape index (κ2) is 6.92. The highest BCUT2D eigenvalue weighted by atomic mass is 32.1. The predicted molar refractivity (Wildman–Crippen MR) is 82.3 cm³/mol. The van der Waals surface area contributed by atoms with E-state index >= 15 is 0 Å². The number of benzene rings is 1. The van der Waals surface area contributed by atoms with Crippen LogP contribution >= 0.6 is 11.3 Å². The second-order valence-electron chi connectivity index (χ2n) is 4.30. The van der Waals surface area contributed by atoms with E-state index in [1.165, 1.54) is 5.56 Å². The summed E-state index contributed by atoms with van der Waals surface area (Å²) in [6.07, 6.45) is 0.908. The third kappa shape index (κ3) is 4.39. The van der Waals surface area contributed by atoms with Gasteiger partial charge in [-0.3, -0.25) is 5.43 Å². The first kappa shape index (κ1) is 13.6. The summed E-state index contributed by atoms with van der Waals surface area (Å²) in [5.41, 5.74) is 4.87. The number of thiophene rings is 1. The van der Waals surface area contributed by atoms with Gasteiger partial charge in [-0.2, -0.15) is 11.3 Å². The molecule has 2 rings (SSSR count). The van der Waals surface area contributed by atoms with Crippen LogP contribution in [-0.2, 0) is 6.42 Å². The Morgan fingerprint density at radius 3 is 2.74 bits per heavy atom. The molecule has 0 saturated carbocycles. The van der Waals surface area contributed by atoms with Gasteiger partial charge in [0.2, 0.25) is 5.96 Å². The van der Waals surface area contributed by atoms with Crippen molar-refractivity contribution in [1.29, 1.82) is 0 Å². The lowest BCUT2D eigenvalue weighted by atomic mass is 10.1. The highest BCUT2D eigenvalue weighted by Crippen LogP contribution is 2.10. The van der Waals surface area contributed by atoms with Crippen molar-refractivity contribution >= 4 is 23.0 Å². The number of nitrogens with zero attached hydrogens (tertiary/aromatic N) is 1. The molecule has 1 unspecified atom stereocenters. The predicted octanol–water partition coefficient (Wildman–Crippen LogP) is 2.61. The fourth-order valence-electron chi connectivity index (χ4n) is 1.78. The smallest absolute Gasteiger partial charge is 0.210 e. The Labute approximate surface area is 117 Å². The van der Waals surface area contributed by atoms with E-state index in [4.69, 9.17) is 5.84 Å². The molecule has 1 heterocycles. The van der Waals surface area contributed by atoms with Crippen LogP contribution in [0, 0.1) is 0 Å². The molecule has 0 radical (unpaired) electrons. The van der Waals surface area contributed by atoms with Crippen LogP contribution in [0.2, 0.25) is 0 Å². The quantitative estimate of drug-likeness (QED) is 0.347. The van der Waals surface area contributed by atoms with Crippen LogP contribution < -0.4 is 16.6 Å². The number of hydrazine groups is 1. The monoisotopic (exact) mass is 274 g/mol. The molecule has 1 aromatic carbocycles. The van der Waals surface area contributed by atoms with Gasteiger partial charge < -0.3 is 5.32 Å². The van der Waals surface area contributed by atoms with Crippen LogP contribution in [0.5, 0.6) is 0 Å². The van der Waals surface area contributed by atoms with Crippen LogP contribution in [-0.4, -0.2) is 12.0 Å². The summed E-state index contributed by atoms with van der Waals surface area (Å²) in [5, 5.41) is 7.38. The van der Waals surface area contributed by atoms with E-state index in [0.717, 1.165) is 12.1 Å². The Morgan fingerprint density at radius 2 is 2.11 bits per heavy atom. The summed E-state index contributed by atoms with van der Waals surface area (Å²) >= 11 is 1.70. The molecule has 0 aliphatic carbocycles. The molecule has 4 N–H and O–H groups in total. The first-order chi connectivity index (χ1) is 9.28. The van der Waals surface area contributed by atoms with Crippen molar-refractivity contribution in [2.75, 3.05) is 5.32 Å². The summed E-state index contributed by atoms with van der Waals surface area (Å²) in [7, 11) is 0. The van der Waals surface area contributed by atoms with Crippen molar-refractivity contribution in [3.05, 3.63) is 52.7 Å². The molecule has 0 spiro atoms. The number of nitrogens with one attached hydrogen (secondary N) is 2. The average molecular weight is 274 g/mol. The maximum Gasteiger partial charge on any atom is 0.210 e. The first-order valence-electron chi connectivity index (χ1n) is 6.15. The molecule has 0 aliphatic heterocycles. The zero-order chi connectivity index (χ0) is 13.5. The molecule has 19 heavy (non-hydrogen) atoms. The standard InChI is InChI=1S/C14H18N4S/c1-11(9-12-7-8-19-10-12)16-14(18-15)17-13-5-3-2-4-6-13/h2-8,10-11H,9,15H2,1H3,(H2,16,17,18). The minimum absolute atomic E-state index is 0.164. The Kier molecular flexibility index (Phi) is 4.94. The molecule has 2 aromatic rings. The van der Waals surface area contributed by atoms with Crippen molar-refractivity contribution in [3.63, 3.8) is 0 Å². The molecule has 0 saturated heterocycles. The molecule has 0 aliphatic rings. The van der Waals surface area contributed by atoms with Crippen molar-refractivity contribution in [1.82, 2.24) is 5.43 Å². The third-order valence-electron chi connectivity index (χ3n) is 2.63. The van der Waals surface area contributed by atoms with E-state index in [0.29, 0.717) is 5.96 Å². The lowest BCUT2D eigenvalue weighted by Crippen LogP contribution is -2.37. The Balaban J connectivity index is 1.98. The highest BCUT2D eigenvalue weighted by Gasteiger charge is 2.04. The fraction of sp³-hybridized carbons (Fsp3) is 0.214. The number of nitrogens with two attached hydrogens (primary N) is 1. The number of hydrogen-bond acceptors (Lipinski definition) is 3. The molecule has 1 aromatic heterocycles. The molecular formula is C14H18N4S. The van der Waals surface area contributed by atoms with E-state index in [9.17, 15) is 0 Å². The van der Waals surface area contributed by atoms with Crippen molar-refractivity contribution in [2.24, 2.45) is 10.8 Å². The molecule has 5 heteroatoms. The minimum Gasteiger partial charge on any atom is -0.325 e. The van der Waals surface area contributed by atoms with Gasteiger partial charge in [-0.25, -0.2) is 10.8 Å². The number of rotatable bonds is 4. The Morgan fingerprint density at radius 1 is 1.32 bits per heavy atom. The summed E-state index contributed by atoms with van der Waals surface area (Å²) in [5.74, 6) is 6.08. The van der Waals surface area contributed by atoms with Crippen LogP contribution in [0.1, 0.15) is 12.5 Å². The molecule has 1 atom stereocenters.